The van der Waals surface area contributed by atoms with E-state index in [1.54, 1.807) is 29.2 Å². The summed E-state index contributed by atoms with van der Waals surface area (Å²) >= 11 is 6.08. The summed E-state index contributed by atoms with van der Waals surface area (Å²) in [5.74, 6) is -0.319. The predicted molar refractivity (Wildman–Crippen MR) is 89.9 cm³/mol. The van der Waals surface area contributed by atoms with Crippen molar-refractivity contribution in [2.75, 3.05) is 11.9 Å². The topological polar surface area (TPSA) is 32.3 Å². The Morgan fingerprint density at radius 1 is 1.17 bits per heavy atom. The number of benzene rings is 2. The zero-order chi connectivity index (χ0) is 16.2. The lowest BCUT2D eigenvalue weighted by atomic mass is 10.2. The number of carbonyl (C=O) groups excluding carboxylic acids is 1. The standard InChI is InChI=1S/C18H18ClFN2O/c19-15-6-2-4-8-17(15)21-11-18(23)22(14-9-10-14)12-13-5-1-3-7-16(13)20/h1-8,14,21H,9-12H2. The number of hydrogen-bond acceptors (Lipinski definition) is 2. The molecule has 2 aromatic carbocycles. The van der Waals surface area contributed by atoms with Gasteiger partial charge in [-0.15, -0.1) is 0 Å². The highest BCUT2D eigenvalue weighted by molar-refractivity contribution is 6.33. The predicted octanol–water partition coefficient (Wildman–Crippen LogP) is 4.08. The molecule has 1 N–H and O–H groups in total. The molecule has 1 saturated carbocycles. The van der Waals surface area contributed by atoms with Crippen LogP contribution in [0, 0.1) is 5.82 Å². The molecule has 0 aromatic heterocycles. The molecule has 23 heavy (non-hydrogen) atoms. The molecule has 0 spiro atoms. The van der Waals surface area contributed by atoms with Gasteiger partial charge in [0.1, 0.15) is 5.82 Å². The fourth-order valence-corrected chi connectivity index (χ4v) is 2.70. The number of carbonyl (C=O) groups is 1. The molecule has 1 aliphatic rings. The monoisotopic (exact) mass is 332 g/mol. The fourth-order valence-electron chi connectivity index (χ4n) is 2.49. The highest BCUT2D eigenvalue weighted by Gasteiger charge is 2.32. The van der Waals surface area contributed by atoms with Gasteiger partial charge in [-0.05, 0) is 31.0 Å². The number of hydrogen-bond donors (Lipinski definition) is 1. The molecule has 0 bridgehead atoms. The molecule has 2 aromatic rings. The molecule has 0 heterocycles. The largest absolute Gasteiger partial charge is 0.375 e. The fraction of sp³-hybridized carbons (Fsp3) is 0.278. The van der Waals surface area contributed by atoms with Crippen LogP contribution >= 0.6 is 11.6 Å². The molecule has 0 unspecified atom stereocenters. The van der Waals surface area contributed by atoms with Crippen LogP contribution in [0.15, 0.2) is 48.5 Å². The Balaban J connectivity index is 1.65. The molecular formula is C18H18ClFN2O. The summed E-state index contributed by atoms with van der Waals surface area (Å²) < 4.78 is 13.8. The summed E-state index contributed by atoms with van der Waals surface area (Å²) in [6.07, 6.45) is 1.96. The molecule has 0 aliphatic heterocycles. The summed E-state index contributed by atoms with van der Waals surface area (Å²) in [7, 11) is 0. The molecule has 5 heteroatoms. The Hall–Kier alpha value is -2.07. The zero-order valence-electron chi connectivity index (χ0n) is 12.6. The van der Waals surface area contributed by atoms with Crippen LogP contribution in [-0.2, 0) is 11.3 Å². The van der Waals surface area contributed by atoms with Crippen LogP contribution < -0.4 is 5.32 Å². The van der Waals surface area contributed by atoms with Crippen molar-refractivity contribution in [1.82, 2.24) is 4.90 Å². The van der Waals surface area contributed by atoms with Crippen molar-refractivity contribution in [2.45, 2.75) is 25.4 Å². The minimum absolute atomic E-state index is 0.0457. The van der Waals surface area contributed by atoms with Crippen molar-refractivity contribution in [2.24, 2.45) is 0 Å². The molecular weight excluding hydrogens is 315 g/mol. The Kier molecular flexibility index (Phi) is 4.82. The molecule has 1 fully saturated rings. The van der Waals surface area contributed by atoms with Crippen LogP contribution in [0.5, 0.6) is 0 Å². The lowest BCUT2D eigenvalue weighted by molar-refractivity contribution is -0.130. The lowest BCUT2D eigenvalue weighted by Crippen LogP contribution is -2.37. The summed E-state index contributed by atoms with van der Waals surface area (Å²) in [5, 5.41) is 3.64. The second kappa shape index (κ2) is 7.01. The summed E-state index contributed by atoms with van der Waals surface area (Å²) in [6, 6.07) is 14.1. The first-order valence-corrected chi connectivity index (χ1v) is 8.04. The number of rotatable bonds is 6. The van der Waals surface area contributed by atoms with E-state index in [1.165, 1.54) is 6.07 Å². The SMILES string of the molecule is O=C(CNc1ccccc1Cl)N(Cc1ccccc1F)C1CC1. The minimum atomic E-state index is -0.273. The zero-order valence-corrected chi connectivity index (χ0v) is 13.4. The van der Waals surface area contributed by atoms with E-state index in [0.717, 1.165) is 18.5 Å². The van der Waals surface area contributed by atoms with Crippen LogP contribution in [0.2, 0.25) is 5.02 Å². The Morgan fingerprint density at radius 3 is 2.57 bits per heavy atom. The summed E-state index contributed by atoms with van der Waals surface area (Å²) in [4.78, 5) is 14.3. The van der Waals surface area contributed by atoms with Crippen molar-refractivity contribution in [3.63, 3.8) is 0 Å². The van der Waals surface area contributed by atoms with E-state index in [-0.39, 0.29) is 24.3 Å². The first-order chi connectivity index (χ1) is 11.1. The van der Waals surface area contributed by atoms with E-state index < -0.39 is 0 Å². The quantitative estimate of drug-likeness (QED) is 0.864. The molecule has 120 valence electrons. The maximum absolute atomic E-state index is 13.8. The van der Waals surface area contributed by atoms with E-state index in [4.69, 9.17) is 11.6 Å². The normalized spacial score (nSPS) is 13.7. The average molecular weight is 333 g/mol. The van der Waals surface area contributed by atoms with Gasteiger partial charge in [-0.2, -0.15) is 0 Å². The van der Waals surface area contributed by atoms with E-state index in [2.05, 4.69) is 5.32 Å². The number of halogens is 2. The van der Waals surface area contributed by atoms with Gasteiger partial charge in [-0.3, -0.25) is 4.79 Å². The van der Waals surface area contributed by atoms with E-state index in [0.29, 0.717) is 17.1 Å². The average Bonchev–Trinajstić information content (AvgIpc) is 3.38. The minimum Gasteiger partial charge on any atom is -0.375 e. The third-order valence-corrected chi connectivity index (χ3v) is 4.24. The van der Waals surface area contributed by atoms with Crippen LogP contribution in [0.25, 0.3) is 0 Å². The molecule has 0 saturated heterocycles. The maximum Gasteiger partial charge on any atom is 0.242 e. The lowest BCUT2D eigenvalue weighted by Gasteiger charge is -2.23. The first kappa shape index (κ1) is 15.8. The van der Waals surface area contributed by atoms with Gasteiger partial charge in [0.05, 0.1) is 17.3 Å². The summed E-state index contributed by atoms with van der Waals surface area (Å²) in [6.45, 7) is 0.453. The van der Waals surface area contributed by atoms with Crippen molar-refractivity contribution >= 4 is 23.2 Å². The molecule has 3 nitrogen and oxygen atoms in total. The maximum atomic E-state index is 13.8. The van der Waals surface area contributed by atoms with Gasteiger partial charge in [0.2, 0.25) is 5.91 Å². The molecule has 1 amide bonds. The van der Waals surface area contributed by atoms with Gasteiger partial charge < -0.3 is 10.2 Å². The van der Waals surface area contributed by atoms with Crippen molar-refractivity contribution < 1.29 is 9.18 Å². The molecule has 3 rings (SSSR count). The van der Waals surface area contributed by atoms with E-state index in [1.807, 2.05) is 18.2 Å². The van der Waals surface area contributed by atoms with Crippen molar-refractivity contribution in [3.05, 3.63) is 64.9 Å². The Morgan fingerprint density at radius 2 is 1.87 bits per heavy atom. The van der Waals surface area contributed by atoms with Crippen LogP contribution in [0.1, 0.15) is 18.4 Å². The van der Waals surface area contributed by atoms with Crippen LogP contribution in [0.4, 0.5) is 10.1 Å². The second-order valence-corrected chi connectivity index (χ2v) is 6.08. The first-order valence-electron chi connectivity index (χ1n) is 7.66. The number of nitrogens with zero attached hydrogens (tertiary/aromatic N) is 1. The number of nitrogens with one attached hydrogen (secondary N) is 1. The second-order valence-electron chi connectivity index (χ2n) is 5.68. The van der Waals surface area contributed by atoms with Crippen LogP contribution in [0.3, 0.4) is 0 Å². The van der Waals surface area contributed by atoms with Gasteiger partial charge in [0.15, 0.2) is 0 Å². The number of amides is 1. The Labute approximate surface area is 140 Å². The third kappa shape index (κ3) is 4.02. The number of anilines is 1. The van der Waals surface area contributed by atoms with Crippen LogP contribution in [-0.4, -0.2) is 23.4 Å². The number of para-hydroxylation sites is 1. The third-order valence-electron chi connectivity index (χ3n) is 3.91. The highest BCUT2D eigenvalue weighted by Crippen LogP contribution is 2.29. The van der Waals surface area contributed by atoms with Gasteiger partial charge in [0.25, 0.3) is 0 Å². The highest BCUT2D eigenvalue weighted by atomic mass is 35.5. The molecule has 0 radical (unpaired) electrons. The van der Waals surface area contributed by atoms with Gasteiger partial charge in [-0.25, -0.2) is 4.39 Å². The summed E-state index contributed by atoms with van der Waals surface area (Å²) in [5.41, 5.74) is 1.27. The Bertz CT molecular complexity index is 703. The van der Waals surface area contributed by atoms with Gasteiger partial charge >= 0.3 is 0 Å². The van der Waals surface area contributed by atoms with E-state index in [9.17, 15) is 9.18 Å². The molecule has 1 aliphatic carbocycles. The van der Waals surface area contributed by atoms with Crippen molar-refractivity contribution in [1.29, 1.82) is 0 Å². The van der Waals surface area contributed by atoms with Gasteiger partial charge in [0, 0.05) is 18.2 Å². The van der Waals surface area contributed by atoms with Gasteiger partial charge in [-0.1, -0.05) is 41.9 Å². The smallest absolute Gasteiger partial charge is 0.242 e. The molecule has 0 atom stereocenters. The van der Waals surface area contributed by atoms with E-state index >= 15 is 0 Å². The van der Waals surface area contributed by atoms with Crippen molar-refractivity contribution in [3.8, 4) is 0 Å².